The van der Waals surface area contributed by atoms with E-state index in [-0.39, 0.29) is 6.04 Å². The lowest BCUT2D eigenvalue weighted by Gasteiger charge is -2.15. The Morgan fingerprint density at radius 1 is 1.22 bits per heavy atom. The zero-order valence-corrected chi connectivity index (χ0v) is 12.2. The third kappa shape index (κ3) is 3.18. The van der Waals surface area contributed by atoms with E-state index in [2.05, 4.69) is 59.0 Å². The molecule has 2 N–H and O–H groups in total. The summed E-state index contributed by atoms with van der Waals surface area (Å²) in [5.74, 6) is 0. The lowest BCUT2D eigenvalue weighted by Crippen LogP contribution is -2.15. The van der Waals surface area contributed by atoms with E-state index in [1.54, 1.807) is 6.20 Å². The Kier molecular flexibility index (Phi) is 4.15. The molecule has 1 heterocycles. The molecule has 0 spiro atoms. The molecule has 0 fully saturated rings. The predicted octanol–water partition coefficient (Wildman–Crippen LogP) is 3.70. The summed E-state index contributed by atoms with van der Waals surface area (Å²) in [7, 11) is 0. The van der Waals surface area contributed by atoms with Crippen molar-refractivity contribution in [3.05, 3.63) is 63.4 Å². The van der Waals surface area contributed by atoms with Crippen LogP contribution >= 0.6 is 15.9 Å². The van der Waals surface area contributed by atoms with Gasteiger partial charge >= 0.3 is 0 Å². The number of aromatic nitrogens is 1. The molecule has 3 heteroatoms. The van der Waals surface area contributed by atoms with Crippen LogP contribution in [0.5, 0.6) is 0 Å². The van der Waals surface area contributed by atoms with Crippen molar-refractivity contribution in [1.29, 1.82) is 0 Å². The number of hydrogen-bond donors (Lipinski definition) is 1. The molecule has 0 radical (unpaired) electrons. The van der Waals surface area contributed by atoms with Crippen molar-refractivity contribution < 1.29 is 0 Å². The molecule has 0 bridgehead atoms. The molecule has 2 rings (SSSR count). The molecule has 0 saturated heterocycles. The number of nitrogens with two attached hydrogens (primary N) is 1. The second kappa shape index (κ2) is 5.63. The van der Waals surface area contributed by atoms with Crippen molar-refractivity contribution in [3.8, 4) is 0 Å². The highest BCUT2D eigenvalue weighted by Crippen LogP contribution is 2.21. The van der Waals surface area contributed by atoms with Gasteiger partial charge in [0, 0.05) is 22.9 Å². The van der Waals surface area contributed by atoms with E-state index < -0.39 is 0 Å². The Morgan fingerprint density at radius 3 is 2.72 bits per heavy atom. The molecule has 0 saturated carbocycles. The Balaban J connectivity index is 2.21. The minimum atomic E-state index is 0.0148. The van der Waals surface area contributed by atoms with Crippen LogP contribution in [0.4, 0.5) is 0 Å². The van der Waals surface area contributed by atoms with Gasteiger partial charge in [-0.1, -0.05) is 23.8 Å². The second-order valence-corrected chi connectivity index (χ2v) is 5.60. The van der Waals surface area contributed by atoms with E-state index >= 15 is 0 Å². The second-order valence-electron chi connectivity index (χ2n) is 4.68. The number of aryl methyl sites for hydroxylation is 2. The van der Waals surface area contributed by atoms with Crippen LogP contribution in [0.25, 0.3) is 0 Å². The summed E-state index contributed by atoms with van der Waals surface area (Å²) < 4.78 is 0.994. The van der Waals surface area contributed by atoms with Gasteiger partial charge in [0.05, 0.1) is 0 Å². The lowest BCUT2D eigenvalue weighted by molar-refractivity contribution is 0.713. The van der Waals surface area contributed by atoms with Crippen LogP contribution in [0.1, 0.15) is 28.3 Å². The summed E-state index contributed by atoms with van der Waals surface area (Å²) in [6.45, 7) is 4.20. The van der Waals surface area contributed by atoms with Gasteiger partial charge in [0.15, 0.2) is 0 Å². The van der Waals surface area contributed by atoms with Crippen LogP contribution < -0.4 is 5.73 Å². The average molecular weight is 305 g/mol. The summed E-state index contributed by atoms with van der Waals surface area (Å²) in [5.41, 5.74) is 11.2. The molecule has 0 aliphatic carbocycles. The third-order valence-electron chi connectivity index (χ3n) is 3.05. The first-order valence-corrected chi connectivity index (χ1v) is 6.77. The minimum absolute atomic E-state index is 0.0148. The standard InChI is InChI=1S/C15H17BrN2/c1-10-3-4-11(2)14(5-10)15(17)7-12-6-13(16)9-18-8-12/h3-6,8-9,15H,7,17H2,1-2H3. The Labute approximate surface area is 116 Å². The van der Waals surface area contributed by atoms with Gasteiger partial charge < -0.3 is 5.73 Å². The Bertz CT molecular complexity index is 552. The molecule has 1 aromatic carbocycles. The van der Waals surface area contributed by atoms with Crippen LogP contribution in [0.2, 0.25) is 0 Å². The Hall–Kier alpha value is -1.19. The number of rotatable bonds is 3. The maximum atomic E-state index is 6.30. The molecular weight excluding hydrogens is 288 g/mol. The molecule has 1 unspecified atom stereocenters. The third-order valence-corrected chi connectivity index (χ3v) is 3.49. The minimum Gasteiger partial charge on any atom is -0.324 e. The van der Waals surface area contributed by atoms with Crippen LogP contribution in [0, 0.1) is 13.8 Å². The molecule has 2 nitrogen and oxygen atoms in total. The van der Waals surface area contributed by atoms with Gasteiger partial charge in [0.1, 0.15) is 0 Å². The van der Waals surface area contributed by atoms with E-state index in [1.165, 1.54) is 16.7 Å². The highest BCUT2D eigenvalue weighted by Gasteiger charge is 2.10. The molecule has 2 aromatic rings. The van der Waals surface area contributed by atoms with E-state index in [9.17, 15) is 0 Å². The highest BCUT2D eigenvalue weighted by atomic mass is 79.9. The molecule has 0 aliphatic rings. The smallest absolute Gasteiger partial charge is 0.0410 e. The number of halogens is 1. The first-order chi connectivity index (χ1) is 8.56. The highest BCUT2D eigenvalue weighted by molar-refractivity contribution is 9.10. The topological polar surface area (TPSA) is 38.9 Å². The van der Waals surface area contributed by atoms with Gasteiger partial charge in [-0.2, -0.15) is 0 Å². The molecule has 94 valence electrons. The van der Waals surface area contributed by atoms with Crippen molar-refractivity contribution in [1.82, 2.24) is 4.98 Å². The zero-order valence-electron chi connectivity index (χ0n) is 10.7. The fourth-order valence-electron chi connectivity index (χ4n) is 2.09. The van der Waals surface area contributed by atoms with Gasteiger partial charge in [0.25, 0.3) is 0 Å². The predicted molar refractivity (Wildman–Crippen MR) is 78.5 cm³/mol. The van der Waals surface area contributed by atoms with Crippen LogP contribution in [0.3, 0.4) is 0 Å². The largest absolute Gasteiger partial charge is 0.324 e. The fraction of sp³-hybridized carbons (Fsp3) is 0.267. The summed E-state index contributed by atoms with van der Waals surface area (Å²) in [6, 6.07) is 8.50. The van der Waals surface area contributed by atoms with Crippen LogP contribution in [-0.4, -0.2) is 4.98 Å². The number of hydrogen-bond acceptors (Lipinski definition) is 2. The van der Waals surface area contributed by atoms with E-state index in [0.29, 0.717) is 0 Å². The summed E-state index contributed by atoms with van der Waals surface area (Å²) in [4.78, 5) is 4.17. The first kappa shape index (κ1) is 13.2. The van der Waals surface area contributed by atoms with E-state index in [0.717, 1.165) is 16.5 Å². The SMILES string of the molecule is Cc1ccc(C)c(C(N)Cc2cncc(Br)c2)c1. The van der Waals surface area contributed by atoms with Gasteiger partial charge in [-0.05, 0) is 59.0 Å². The van der Waals surface area contributed by atoms with Crippen molar-refractivity contribution in [2.75, 3.05) is 0 Å². The van der Waals surface area contributed by atoms with Crippen LogP contribution in [0.15, 0.2) is 41.1 Å². The molecule has 18 heavy (non-hydrogen) atoms. The molecule has 0 aliphatic heterocycles. The van der Waals surface area contributed by atoms with Crippen molar-refractivity contribution in [2.45, 2.75) is 26.3 Å². The first-order valence-electron chi connectivity index (χ1n) is 5.98. The fourth-order valence-corrected chi connectivity index (χ4v) is 2.50. The van der Waals surface area contributed by atoms with Crippen molar-refractivity contribution >= 4 is 15.9 Å². The van der Waals surface area contributed by atoms with Crippen molar-refractivity contribution in [3.63, 3.8) is 0 Å². The summed E-state index contributed by atoms with van der Waals surface area (Å²) in [6.07, 6.45) is 4.46. The normalized spacial score (nSPS) is 12.4. The Morgan fingerprint density at radius 2 is 2.00 bits per heavy atom. The molecule has 1 atom stereocenters. The van der Waals surface area contributed by atoms with Gasteiger partial charge in [-0.15, -0.1) is 0 Å². The molecule has 0 amide bonds. The number of nitrogens with zero attached hydrogens (tertiary/aromatic N) is 1. The molecule has 1 aromatic heterocycles. The summed E-state index contributed by atoms with van der Waals surface area (Å²) in [5, 5.41) is 0. The lowest BCUT2D eigenvalue weighted by atomic mass is 9.95. The summed E-state index contributed by atoms with van der Waals surface area (Å²) >= 11 is 3.43. The maximum absolute atomic E-state index is 6.30. The van der Waals surface area contributed by atoms with E-state index in [1.807, 2.05) is 6.20 Å². The van der Waals surface area contributed by atoms with Gasteiger partial charge in [0.2, 0.25) is 0 Å². The van der Waals surface area contributed by atoms with Gasteiger partial charge in [-0.3, -0.25) is 4.98 Å². The molecular formula is C15H17BrN2. The quantitative estimate of drug-likeness (QED) is 0.939. The van der Waals surface area contributed by atoms with Crippen molar-refractivity contribution in [2.24, 2.45) is 5.73 Å². The average Bonchev–Trinajstić information content (AvgIpc) is 2.32. The van der Waals surface area contributed by atoms with Gasteiger partial charge in [-0.25, -0.2) is 0 Å². The number of benzene rings is 1. The monoisotopic (exact) mass is 304 g/mol. The zero-order chi connectivity index (χ0) is 13.1. The number of pyridine rings is 1. The maximum Gasteiger partial charge on any atom is 0.0410 e. The van der Waals surface area contributed by atoms with Crippen LogP contribution in [-0.2, 0) is 6.42 Å². The van der Waals surface area contributed by atoms with E-state index in [4.69, 9.17) is 5.73 Å².